The molecule has 0 bridgehead atoms. The summed E-state index contributed by atoms with van der Waals surface area (Å²) in [7, 11) is 0. The number of benzene rings is 1. The molecule has 1 aromatic rings. The van der Waals surface area contributed by atoms with Crippen molar-refractivity contribution in [2.24, 2.45) is 5.73 Å². The molecule has 0 spiro atoms. The smallest absolute Gasteiger partial charge is 0.290 e. The summed E-state index contributed by atoms with van der Waals surface area (Å²) in [6, 6.07) is 5.69. The highest BCUT2D eigenvalue weighted by Gasteiger charge is 2.38. The Morgan fingerprint density at radius 2 is 1.85 bits per heavy atom. The molecule has 0 aliphatic heterocycles. The molecule has 0 fully saturated rings. The van der Waals surface area contributed by atoms with E-state index in [4.69, 9.17) is 10.8 Å². The first-order chi connectivity index (χ1) is 6.09. The van der Waals surface area contributed by atoms with Gasteiger partial charge in [0.05, 0.1) is 12.6 Å². The molecule has 3 N–H and O–H groups in total. The van der Waals surface area contributed by atoms with Crippen LogP contribution in [0.1, 0.15) is 5.56 Å². The van der Waals surface area contributed by atoms with Crippen LogP contribution in [0.4, 0.5) is 8.78 Å². The number of aliphatic hydroxyl groups excluding tert-OH is 1. The van der Waals surface area contributed by atoms with E-state index < -0.39 is 18.6 Å². The standard InChI is InChI=1S/C9H11F2NO/c10-9(11,8(12)6-13)7-4-2-1-3-5-7/h1-5,8,13H,6,12H2. The van der Waals surface area contributed by atoms with Gasteiger partial charge in [-0.1, -0.05) is 30.3 Å². The van der Waals surface area contributed by atoms with Crippen LogP contribution in [-0.2, 0) is 5.92 Å². The van der Waals surface area contributed by atoms with Gasteiger partial charge >= 0.3 is 0 Å². The van der Waals surface area contributed by atoms with Crippen molar-refractivity contribution in [2.75, 3.05) is 6.61 Å². The van der Waals surface area contributed by atoms with Crippen LogP contribution in [-0.4, -0.2) is 17.8 Å². The second-order valence-electron chi connectivity index (χ2n) is 2.78. The van der Waals surface area contributed by atoms with Crippen LogP contribution in [0, 0.1) is 0 Å². The Balaban J connectivity index is 2.93. The summed E-state index contributed by atoms with van der Waals surface area (Å²) in [5, 5.41) is 8.53. The van der Waals surface area contributed by atoms with Gasteiger partial charge in [0, 0.05) is 5.56 Å². The molecule has 1 unspecified atom stereocenters. The summed E-state index contributed by atoms with van der Waals surface area (Å²) in [6.45, 7) is -0.734. The van der Waals surface area contributed by atoms with Gasteiger partial charge in [0.25, 0.3) is 5.92 Å². The van der Waals surface area contributed by atoms with Crippen LogP contribution in [0.5, 0.6) is 0 Å². The fraction of sp³-hybridized carbons (Fsp3) is 0.333. The maximum absolute atomic E-state index is 13.3. The summed E-state index contributed by atoms with van der Waals surface area (Å²) in [5.74, 6) is -3.17. The third kappa shape index (κ3) is 2.02. The topological polar surface area (TPSA) is 46.2 Å². The van der Waals surface area contributed by atoms with Crippen molar-refractivity contribution in [3.63, 3.8) is 0 Å². The lowest BCUT2D eigenvalue weighted by molar-refractivity contribution is -0.0463. The van der Waals surface area contributed by atoms with Crippen molar-refractivity contribution in [3.8, 4) is 0 Å². The van der Waals surface area contributed by atoms with E-state index >= 15 is 0 Å². The summed E-state index contributed by atoms with van der Waals surface area (Å²) in [5.41, 5.74) is 4.91. The second kappa shape index (κ2) is 3.81. The van der Waals surface area contributed by atoms with E-state index in [0.717, 1.165) is 0 Å². The minimum Gasteiger partial charge on any atom is -0.395 e. The molecule has 0 saturated carbocycles. The predicted molar refractivity (Wildman–Crippen MR) is 45.4 cm³/mol. The molecule has 0 saturated heterocycles. The normalized spacial score (nSPS) is 14.2. The second-order valence-corrected chi connectivity index (χ2v) is 2.78. The number of rotatable bonds is 3. The van der Waals surface area contributed by atoms with Gasteiger partial charge in [-0.3, -0.25) is 0 Å². The number of hydrogen-bond donors (Lipinski definition) is 2. The van der Waals surface area contributed by atoms with Crippen LogP contribution < -0.4 is 5.73 Å². The number of nitrogens with two attached hydrogens (primary N) is 1. The lowest BCUT2D eigenvalue weighted by atomic mass is 10.0. The van der Waals surface area contributed by atoms with Crippen LogP contribution in [0.15, 0.2) is 30.3 Å². The molecular weight excluding hydrogens is 176 g/mol. The Kier molecular flexibility index (Phi) is 2.95. The van der Waals surface area contributed by atoms with Crippen LogP contribution in [0.25, 0.3) is 0 Å². The number of halogens is 2. The van der Waals surface area contributed by atoms with Gasteiger partial charge in [-0.25, -0.2) is 0 Å². The van der Waals surface area contributed by atoms with Gasteiger partial charge in [0.2, 0.25) is 0 Å². The van der Waals surface area contributed by atoms with Crippen LogP contribution >= 0.6 is 0 Å². The summed E-state index contributed by atoms with van der Waals surface area (Å²) < 4.78 is 26.5. The van der Waals surface area contributed by atoms with Gasteiger partial charge in [-0.05, 0) is 0 Å². The molecule has 1 atom stereocenters. The summed E-state index contributed by atoms with van der Waals surface area (Å²) in [6.07, 6.45) is 0. The minimum atomic E-state index is -3.17. The monoisotopic (exact) mass is 187 g/mol. The van der Waals surface area contributed by atoms with E-state index in [2.05, 4.69) is 0 Å². The third-order valence-corrected chi connectivity index (χ3v) is 1.82. The summed E-state index contributed by atoms with van der Waals surface area (Å²) >= 11 is 0. The Bertz CT molecular complexity index is 264. The first-order valence-corrected chi connectivity index (χ1v) is 3.89. The van der Waals surface area contributed by atoms with Crippen molar-refractivity contribution >= 4 is 0 Å². The Morgan fingerprint density at radius 1 is 1.31 bits per heavy atom. The largest absolute Gasteiger partial charge is 0.395 e. The van der Waals surface area contributed by atoms with Gasteiger partial charge in [-0.2, -0.15) is 8.78 Å². The van der Waals surface area contributed by atoms with E-state index in [-0.39, 0.29) is 5.56 Å². The van der Waals surface area contributed by atoms with Crippen molar-refractivity contribution in [2.45, 2.75) is 12.0 Å². The van der Waals surface area contributed by atoms with Crippen molar-refractivity contribution < 1.29 is 13.9 Å². The molecule has 1 rings (SSSR count). The molecule has 13 heavy (non-hydrogen) atoms. The van der Waals surface area contributed by atoms with Gasteiger partial charge < -0.3 is 10.8 Å². The molecule has 0 amide bonds. The Morgan fingerprint density at radius 3 is 2.31 bits per heavy atom. The van der Waals surface area contributed by atoms with E-state index in [1.807, 2.05) is 0 Å². The fourth-order valence-corrected chi connectivity index (χ4v) is 0.989. The lowest BCUT2D eigenvalue weighted by Gasteiger charge is -2.21. The van der Waals surface area contributed by atoms with E-state index in [1.165, 1.54) is 24.3 Å². The maximum atomic E-state index is 13.3. The van der Waals surface area contributed by atoms with Crippen LogP contribution in [0.3, 0.4) is 0 Å². The van der Waals surface area contributed by atoms with E-state index in [9.17, 15) is 8.78 Å². The highest BCUT2D eigenvalue weighted by Crippen LogP contribution is 2.30. The zero-order valence-electron chi connectivity index (χ0n) is 6.95. The zero-order valence-corrected chi connectivity index (χ0v) is 6.95. The molecule has 2 nitrogen and oxygen atoms in total. The number of alkyl halides is 2. The van der Waals surface area contributed by atoms with Gasteiger partial charge in [-0.15, -0.1) is 0 Å². The number of aliphatic hydroxyl groups is 1. The van der Waals surface area contributed by atoms with Crippen molar-refractivity contribution in [1.29, 1.82) is 0 Å². The predicted octanol–water partition coefficient (Wildman–Crippen LogP) is 1.10. The average molecular weight is 187 g/mol. The maximum Gasteiger partial charge on any atom is 0.290 e. The minimum absolute atomic E-state index is 0.170. The molecule has 0 aromatic heterocycles. The highest BCUT2D eigenvalue weighted by molar-refractivity contribution is 5.21. The lowest BCUT2D eigenvalue weighted by Crippen LogP contribution is -2.41. The van der Waals surface area contributed by atoms with E-state index in [1.54, 1.807) is 6.07 Å². The molecule has 0 aliphatic rings. The van der Waals surface area contributed by atoms with Gasteiger partial charge in [0.15, 0.2) is 0 Å². The van der Waals surface area contributed by atoms with Gasteiger partial charge in [0.1, 0.15) is 0 Å². The summed E-state index contributed by atoms with van der Waals surface area (Å²) in [4.78, 5) is 0. The molecule has 4 heteroatoms. The van der Waals surface area contributed by atoms with E-state index in [0.29, 0.717) is 0 Å². The Labute approximate surface area is 75.0 Å². The van der Waals surface area contributed by atoms with Crippen molar-refractivity contribution in [3.05, 3.63) is 35.9 Å². The molecule has 72 valence electrons. The first kappa shape index (κ1) is 10.1. The molecule has 1 aromatic carbocycles. The molecule has 0 heterocycles. The quantitative estimate of drug-likeness (QED) is 0.744. The zero-order chi connectivity index (χ0) is 9.90. The molecule has 0 aliphatic carbocycles. The fourth-order valence-electron chi connectivity index (χ4n) is 0.989. The SMILES string of the molecule is NC(CO)C(F)(F)c1ccccc1. The van der Waals surface area contributed by atoms with Crippen molar-refractivity contribution in [1.82, 2.24) is 0 Å². The molecular formula is C9H11F2NO. The number of hydrogen-bond acceptors (Lipinski definition) is 2. The average Bonchev–Trinajstić information content (AvgIpc) is 2.18. The molecule has 0 radical (unpaired) electrons. The third-order valence-electron chi connectivity index (χ3n) is 1.82. The Hall–Kier alpha value is -1.00. The highest BCUT2D eigenvalue weighted by atomic mass is 19.3. The van der Waals surface area contributed by atoms with Crippen LogP contribution in [0.2, 0.25) is 0 Å². The first-order valence-electron chi connectivity index (χ1n) is 3.89.